The monoisotopic (exact) mass is 492 g/mol. The summed E-state index contributed by atoms with van der Waals surface area (Å²) in [6.45, 7) is 16.4. The number of carbonyl (C=O) groups excluding carboxylic acids is 2. The number of carbonyl (C=O) groups is 2. The second-order valence-corrected chi connectivity index (χ2v) is 12.2. The van der Waals surface area contributed by atoms with Crippen molar-refractivity contribution in [1.82, 2.24) is 20.2 Å². The quantitative estimate of drug-likeness (QED) is 0.495. The molecule has 0 bridgehead atoms. The summed E-state index contributed by atoms with van der Waals surface area (Å²) < 4.78 is 17.4. The second kappa shape index (κ2) is 10.0. The number of hydrogen-bond acceptors (Lipinski definition) is 8. The summed E-state index contributed by atoms with van der Waals surface area (Å²) in [6.07, 6.45) is 4.61. The Hall–Kier alpha value is -1.85. The van der Waals surface area contributed by atoms with Crippen LogP contribution in [0.15, 0.2) is 17.6 Å². The van der Waals surface area contributed by atoms with Crippen LogP contribution in [0.5, 0.6) is 0 Å². The number of nitrogens with one attached hydrogen (secondary N) is 1. The van der Waals surface area contributed by atoms with Gasteiger partial charge in [0, 0.05) is 36.2 Å². The fourth-order valence-electron chi connectivity index (χ4n) is 3.65. The Bertz CT molecular complexity index is 866. The first-order valence-corrected chi connectivity index (χ1v) is 12.7. The number of ether oxygens (including phenoxy) is 1. The summed E-state index contributed by atoms with van der Waals surface area (Å²) in [5.74, 6) is -0.0997. The molecule has 1 N–H and O–H groups in total. The van der Waals surface area contributed by atoms with E-state index in [1.807, 2.05) is 27.7 Å². The fraction of sp³-hybridized carbons (Fsp3) is 0.739. The lowest BCUT2D eigenvalue weighted by molar-refractivity contribution is -0.133. The largest absolute Gasteiger partial charge is 0.498 e. The molecule has 9 nitrogen and oxygen atoms in total. The van der Waals surface area contributed by atoms with E-state index in [-0.39, 0.29) is 5.91 Å². The number of thioether (sulfide) groups is 1. The Balaban J connectivity index is 1.46. The molecule has 0 spiro atoms. The van der Waals surface area contributed by atoms with Crippen LogP contribution in [0.2, 0.25) is 0 Å². The topological polar surface area (TPSA) is 103 Å². The Morgan fingerprint density at radius 3 is 2.18 bits per heavy atom. The van der Waals surface area contributed by atoms with Crippen molar-refractivity contribution in [3.63, 3.8) is 0 Å². The van der Waals surface area contributed by atoms with Crippen molar-refractivity contribution in [2.45, 2.75) is 101 Å². The lowest BCUT2D eigenvalue weighted by atomic mass is 9.81. The van der Waals surface area contributed by atoms with Crippen molar-refractivity contribution in [2.75, 3.05) is 13.1 Å². The zero-order valence-electron chi connectivity index (χ0n) is 21.5. The van der Waals surface area contributed by atoms with Gasteiger partial charge in [0.05, 0.1) is 11.2 Å². The van der Waals surface area contributed by atoms with Crippen LogP contribution >= 0.6 is 11.8 Å². The molecule has 2 aliphatic heterocycles. The first-order valence-electron chi connectivity index (χ1n) is 11.8. The van der Waals surface area contributed by atoms with Crippen LogP contribution in [0.4, 0.5) is 4.79 Å². The highest BCUT2D eigenvalue weighted by atomic mass is 32.2. The Labute approximate surface area is 207 Å². The van der Waals surface area contributed by atoms with Crippen LogP contribution in [-0.4, -0.2) is 75.2 Å². The average molecular weight is 492 g/mol. The molecule has 2 saturated heterocycles. The number of hydrogen-bond donors (Lipinski definition) is 1. The SMILES string of the molecule is CC(NC(=O)OC(C)(C)C)C(=O)N1CCC(Sc2ncc(B3OC(C)(C)C(C)(C)O3)cn2)CC1. The summed E-state index contributed by atoms with van der Waals surface area (Å²) in [4.78, 5) is 35.5. The molecule has 0 aliphatic carbocycles. The number of aromatic nitrogens is 2. The third kappa shape index (κ3) is 6.63. The summed E-state index contributed by atoms with van der Waals surface area (Å²) in [6, 6.07) is -0.634. The highest BCUT2D eigenvalue weighted by Crippen LogP contribution is 2.36. The maximum atomic E-state index is 12.7. The van der Waals surface area contributed by atoms with Gasteiger partial charge < -0.3 is 24.3 Å². The fourth-order valence-corrected chi connectivity index (χ4v) is 4.62. The minimum Gasteiger partial charge on any atom is -0.444 e. The van der Waals surface area contributed by atoms with Gasteiger partial charge in [-0.1, -0.05) is 11.8 Å². The van der Waals surface area contributed by atoms with Crippen LogP contribution in [0.25, 0.3) is 0 Å². The zero-order valence-corrected chi connectivity index (χ0v) is 22.3. The van der Waals surface area contributed by atoms with Crippen molar-refractivity contribution in [2.24, 2.45) is 0 Å². The van der Waals surface area contributed by atoms with Crippen molar-refractivity contribution in [3.8, 4) is 0 Å². The molecule has 1 atom stereocenters. The molecule has 3 rings (SSSR count). The molecule has 0 radical (unpaired) electrons. The lowest BCUT2D eigenvalue weighted by Crippen LogP contribution is -2.50. The standard InChI is InChI=1S/C23H37BN4O5S/c1-15(27-20(30)31-21(2,3)4)18(29)28-11-9-17(10-12-28)34-19-25-13-16(14-26-19)24-32-22(5,6)23(7,8)33-24/h13-15,17H,9-12H2,1-8H3,(H,27,30). The van der Waals surface area contributed by atoms with Crippen LogP contribution in [0.3, 0.4) is 0 Å². The second-order valence-electron chi connectivity index (χ2n) is 10.9. The summed E-state index contributed by atoms with van der Waals surface area (Å²) in [5.41, 5.74) is -0.616. The Morgan fingerprint density at radius 2 is 1.68 bits per heavy atom. The first kappa shape index (κ1) is 26.8. The molecule has 2 fully saturated rings. The van der Waals surface area contributed by atoms with Gasteiger partial charge in [-0.3, -0.25) is 4.79 Å². The van der Waals surface area contributed by atoms with E-state index in [1.54, 1.807) is 56.8 Å². The van der Waals surface area contributed by atoms with Gasteiger partial charge in [0.25, 0.3) is 0 Å². The van der Waals surface area contributed by atoms with E-state index in [0.29, 0.717) is 23.5 Å². The van der Waals surface area contributed by atoms with Crippen LogP contribution in [0.1, 0.15) is 68.2 Å². The maximum absolute atomic E-state index is 12.7. The molecule has 3 heterocycles. The summed E-state index contributed by atoms with van der Waals surface area (Å²) in [5, 5.41) is 3.64. The lowest BCUT2D eigenvalue weighted by Gasteiger charge is -2.33. The van der Waals surface area contributed by atoms with Crippen LogP contribution in [0, 0.1) is 0 Å². The van der Waals surface area contributed by atoms with Gasteiger partial charge in [0.2, 0.25) is 5.91 Å². The molecule has 2 amide bonds. The minimum atomic E-state index is -0.634. The smallest absolute Gasteiger partial charge is 0.444 e. The normalized spacial score (nSPS) is 21.3. The van der Waals surface area contributed by atoms with E-state index in [0.717, 1.165) is 18.3 Å². The van der Waals surface area contributed by atoms with Gasteiger partial charge in [-0.25, -0.2) is 14.8 Å². The van der Waals surface area contributed by atoms with Crippen LogP contribution in [-0.2, 0) is 18.8 Å². The molecule has 0 saturated carbocycles. The van der Waals surface area contributed by atoms with Crippen molar-refractivity contribution in [3.05, 3.63) is 12.4 Å². The number of amides is 2. The van der Waals surface area contributed by atoms with E-state index in [2.05, 4.69) is 15.3 Å². The average Bonchev–Trinajstić information content (AvgIpc) is 2.94. The third-order valence-electron chi connectivity index (χ3n) is 6.30. The van der Waals surface area contributed by atoms with E-state index < -0.39 is 36.1 Å². The summed E-state index contributed by atoms with van der Waals surface area (Å²) >= 11 is 1.62. The molecule has 34 heavy (non-hydrogen) atoms. The van der Waals surface area contributed by atoms with Gasteiger partial charge in [-0.15, -0.1) is 0 Å². The minimum absolute atomic E-state index is 0.0997. The third-order valence-corrected chi connectivity index (χ3v) is 7.53. The van der Waals surface area contributed by atoms with E-state index in [9.17, 15) is 9.59 Å². The van der Waals surface area contributed by atoms with E-state index >= 15 is 0 Å². The maximum Gasteiger partial charge on any atom is 0.498 e. The Kier molecular flexibility index (Phi) is 7.89. The highest BCUT2D eigenvalue weighted by Gasteiger charge is 2.52. The van der Waals surface area contributed by atoms with Crippen molar-refractivity contribution in [1.29, 1.82) is 0 Å². The first-order chi connectivity index (χ1) is 15.7. The number of likely N-dealkylation sites (tertiary alicyclic amines) is 1. The Morgan fingerprint density at radius 1 is 1.15 bits per heavy atom. The number of rotatable bonds is 5. The van der Waals surface area contributed by atoms with E-state index in [1.165, 1.54) is 0 Å². The zero-order chi connectivity index (χ0) is 25.3. The predicted molar refractivity (Wildman–Crippen MR) is 132 cm³/mol. The molecule has 0 aromatic carbocycles. The van der Waals surface area contributed by atoms with Crippen molar-refractivity contribution < 1.29 is 23.6 Å². The summed E-state index contributed by atoms with van der Waals surface area (Å²) in [7, 11) is -0.477. The molecule has 188 valence electrons. The molecule has 1 aromatic rings. The molecule has 1 aromatic heterocycles. The van der Waals surface area contributed by atoms with E-state index in [4.69, 9.17) is 14.0 Å². The number of piperidine rings is 1. The van der Waals surface area contributed by atoms with Gasteiger partial charge >= 0.3 is 13.2 Å². The van der Waals surface area contributed by atoms with Gasteiger partial charge in [0.15, 0.2) is 5.16 Å². The van der Waals surface area contributed by atoms with Crippen LogP contribution < -0.4 is 10.8 Å². The highest BCUT2D eigenvalue weighted by molar-refractivity contribution is 7.99. The molecule has 11 heteroatoms. The van der Waals surface area contributed by atoms with Gasteiger partial charge in [-0.2, -0.15) is 0 Å². The number of nitrogens with zero attached hydrogens (tertiary/aromatic N) is 3. The molecule has 1 unspecified atom stereocenters. The van der Waals surface area contributed by atoms with Crippen molar-refractivity contribution >= 4 is 36.3 Å². The number of alkyl carbamates (subject to hydrolysis) is 1. The molecule has 2 aliphatic rings. The van der Waals surface area contributed by atoms with Gasteiger partial charge in [0.1, 0.15) is 11.6 Å². The molecular weight excluding hydrogens is 455 g/mol. The van der Waals surface area contributed by atoms with Gasteiger partial charge in [-0.05, 0) is 68.2 Å². The molecular formula is C23H37BN4O5S. The predicted octanol–water partition coefficient (Wildman–Crippen LogP) is 2.77.